The molecule has 0 aromatic carbocycles. The molecule has 0 bridgehead atoms. The van der Waals surface area contributed by atoms with Gasteiger partial charge >= 0.3 is 0 Å². The Balaban J connectivity index is 1.56. The number of nitrogens with zero attached hydrogens (tertiary/aromatic N) is 7. The van der Waals surface area contributed by atoms with Gasteiger partial charge in [-0.15, -0.1) is 0 Å². The average Bonchev–Trinajstić information content (AvgIpc) is 3.38. The summed E-state index contributed by atoms with van der Waals surface area (Å²) in [6, 6.07) is 6.76. The molecule has 1 aliphatic rings. The molecule has 12 heteroatoms. The van der Waals surface area contributed by atoms with Gasteiger partial charge in [-0.05, 0) is 35.8 Å². The largest absolute Gasteiger partial charge is 0.612 e. The van der Waals surface area contributed by atoms with Gasteiger partial charge in [0.05, 0.1) is 17.3 Å². The molecule has 1 saturated heterocycles. The predicted octanol–water partition coefficient (Wildman–Crippen LogP) is 2.49. The number of H-pyrrole nitrogens is 1. The van der Waals surface area contributed by atoms with Crippen LogP contribution < -0.4 is 10.5 Å². The van der Waals surface area contributed by atoms with Crippen molar-refractivity contribution < 1.29 is 4.55 Å². The number of rotatable bonds is 4. The van der Waals surface area contributed by atoms with Gasteiger partial charge in [0, 0.05) is 18.9 Å². The maximum absolute atomic E-state index is 13.5. The van der Waals surface area contributed by atoms with Crippen molar-refractivity contribution in [3.63, 3.8) is 0 Å². The Kier molecular flexibility index (Phi) is 4.64. The predicted molar refractivity (Wildman–Crippen MR) is 125 cm³/mol. The van der Waals surface area contributed by atoms with Gasteiger partial charge in [0.2, 0.25) is 0 Å². The van der Waals surface area contributed by atoms with Gasteiger partial charge in [-0.3, -0.25) is 4.79 Å². The van der Waals surface area contributed by atoms with Crippen molar-refractivity contribution in [3.05, 3.63) is 70.4 Å². The lowest BCUT2D eigenvalue weighted by Gasteiger charge is -2.41. The number of hydrogen-bond donors (Lipinski definition) is 1. The lowest BCUT2D eigenvalue weighted by atomic mass is 10.0. The summed E-state index contributed by atoms with van der Waals surface area (Å²) >= 11 is 5.06. The van der Waals surface area contributed by atoms with Crippen LogP contribution in [0.3, 0.4) is 0 Å². The molecule has 1 fully saturated rings. The Morgan fingerprint density at radius 3 is 2.85 bits per heavy atom. The number of hydrogen-bond acceptors (Lipinski definition) is 7. The maximum atomic E-state index is 13.5. The number of aromatic amines is 1. The summed E-state index contributed by atoms with van der Waals surface area (Å²) in [5.41, 5.74) is 0.597. The molecule has 0 saturated carbocycles. The Labute approximate surface area is 195 Å². The standard InChI is InChI=1S/C21H17ClN8O2S/c1-33(32)14-10-24-18-16(14)20(26-11-25-18)28-8-6-13(28)19-27-29-9-5-12(22)17(29)21(31)30(19)15-4-2-3-7-23-15/h2-5,7,9-11,13H,6,8H2,1H3,(H,24,25,26)/t13-,33?/m0/s1. The minimum Gasteiger partial charge on any atom is -0.612 e. The first-order valence-corrected chi connectivity index (χ1v) is 12.1. The number of anilines is 1. The van der Waals surface area contributed by atoms with Crippen LogP contribution >= 0.6 is 11.6 Å². The first kappa shape index (κ1) is 20.2. The molecular weight excluding hydrogens is 464 g/mol. The zero-order chi connectivity index (χ0) is 22.7. The lowest BCUT2D eigenvalue weighted by Crippen LogP contribution is -2.45. The van der Waals surface area contributed by atoms with E-state index >= 15 is 0 Å². The van der Waals surface area contributed by atoms with E-state index in [0.29, 0.717) is 45.0 Å². The highest BCUT2D eigenvalue weighted by Crippen LogP contribution is 2.40. The van der Waals surface area contributed by atoms with Crippen LogP contribution in [-0.2, 0) is 11.2 Å². The highest BCUT2D eigenvalue weighted by Gasteiger charge is 2.37. The number of pyridine rings is 1. The van der Waals surface area contributed by atoms with E-state index in [1.807, 2.05) is 11.0 Å². The maximum Gasteiger partial charge on any atom is 0.285 e. The molecule has 0 spiro atoms. The van der Waals surface area contributed by atoms with Crippen LogP contribution in [0.2, 0.25) is 5.02 Å². The third kappa shape index (κ3) is 3.04. The molecular formula is C21H17ClN8O2S. The molecule has 0 radical (unpaired) electrons. The van der Waals surface area contributed by atoms with Gasteiger partial charge < -0.3 is 14.4 Å². The fraction of sp³-hybridized carbons (Fsp3) is 0.190. The third-order valence-corrected chi connectivity index (χ3v) is 7.10. The van der Waals surface area contributed by atoms with Gasteiger partial charge in [-0.1, -0.05) is 17.7 Å². The van der Waals surface area contributed by atoms with E-state index in [0.717, 1.165) is 6.42 Å². The minimum absolute atomic E-state index is 0.253. The van der Waals surface area contributed by atoms with E-state index in [9.17, 15) is 9.35 Å². The molecule has 6 heterocycles. The molecule has 0 aliphatic carbocycles. The molecule has 33 heavy (non-hydrogen) atoms. The normalized spacial score (nSPS) is 16.9. The van der Waals surface area contributed by atoms with Crippen molar-refractivity contribution in [1.29, 1.82) is 0 Å². The number of fused-ring (bicyclic) bond motifs is 2. The summed E-state index contributed by atoms with van der Waals surface area (Å²) in [6.07, 6.45) is 8.84. The van der Waals surface area contributed by atoms with Crippen molar-refractivity contribution in [2.45, 2.75) is 17.4 Å². The third-order valence-electron chi connectivity index (χ3n) is 5.85. The first-order valence-electron chi connectivity index (χ1n) is 10.2. The van der Waals surface area contributed by atoms with E-state index in [2.05, 4.69) is 19.9 Å². The monoisotopic (exact) mass is 480 g/mol. The Morgan fingerprint density at radius 1 is 1.24 bits per heavy atom. The SMILES string of the molecule is C[S+]([O-])c1c[nH]c2ncnc(N3CC[C@H]3c3nn4ccc(Cl)c4c(=O)n3-c3ccccn3)c12. The molecule has 2 atom stereocenters. The zero-order valence-electron chi connectivity index (χ0n) is 17.3. The second-order valence-corrected chi connectivity index (χ2v) is 9.42. The van der Waals surface area contributed by atoms with Gasteiger partial charge in [0.15, 0.2) is 10.7 Å². The van der Waals surface area contributed by atoms with Crippen molar-refractivity contribution in [1.82, 2.24) is 34.1 Å². The Bertz CT molecular complexity index is 1560. The van der Waals surface area contributed by atoms with Gasteiger partial charge in [-0.25, -0.2) is 24.0 Å². The number of halogens is 1. The Hall–Kier alpha value is -3.41. The Morgan fingerprint density at radius 2 is 2.12 bits per heavy atom. The summed E-state index contributed by atoms with van der Waals surface area (Å²) in [5.74, 6) is 1.63. The summed E-state index contributed by atoms with van der Waals surface area (Å²) < 4.78 is 15.3. The van der Waals surface area contributed by atoms with Gasteiger partial charge in [0.25, 0.3) is 5.56 Å². The van der Waals surface area contributed by atoms with Crippen LogP contribution in [0.15, 0.2) is 58.9 Å². The van der Waals surface area contributed by atoms with Crippen LogP contribution in [0.4, 0.5) is 5.82 Å². The molecule has 10 nitrogen and oxygen atoms in total. The summed E-state index contributed by atoms with van der Waals surface area (Å²) in [5, 5.41) is 5.79. The molecule has 166 valence electrons. The molecule has 1 unspecified atom stereocenters. The van der Waals surface area contributed by atoms with Crippen LogP contribution in [-0.4, -0.2) is 51.5 Å². The van der Waals surface area contributed by atoms with Crippen LogP contribution in [0.25, 0.3) is 22.4 Å². The summed E-state index contributed by atoms with van der Waals surface area (Å²) in [7, 11) is 0. The van der Waals surface area contributed by atoms with E-state index < -0.39 is 11.2 Å². The first-order chi connectivity index (χ1) is 16.0. The van der Waals surface area contributed by atoms with E-state index in [4.69, 9.17) is 16.7 Å². The zero-order valence-corrected chi connectivity index (χ0v) is 18.9. The van der Waals surface area contributed by atoms with Crippen LogP contribution in [0.5, 0.6) is 0 Å². The fourth-order valence-corrected chi connectivity index (χ4v) is 5.17. The van der Waals surface area contributed by atoms with Crippen molar-refractivity contribution in [2.24, 2.45) is 0 Å². The smallest absolute Gasteiger partial charge is 0.285 e. The molecule has 0 amide bonds. The molecule has 1 N–H and O–H groups in total. The topological polar surface area (TPSA) is 120 Å². The molecule has 5 aromatic rings. The molecule has 6 rings (SSSR count). The summed E-state index contributed by atoms with van der Waals surface area (Å²) in [6.45, 7) is 0.695. The highest BCUT2D eigenvalue weighted by atomic mass is 35.5. The van der Waals surface area contributed by atoms with Crippen molar-refractivity contribution >= 4 is 45.1 Å². The van der Waals surface area contributed by atoms with Gasteiger partial charge in [-0.2, -0.15) is 5.10 Å². The quantitative estimate of drug-likeness (QED) is 0.392. The van der Waals surface area contributed by atoms with Gasteiger partial charge in [0.1, 0.15) is 40.8 Å². The second-order valence-electron chi connectivity index (χ2n) is 7.67. The van der Waals surface area contributed by atoms with E-state index in [1.165, 1.54) is 15.4 Å². The van der Waals surface area contributed by atoms with Crippen molar-refractivity contribution in [3.8, 4) is 5.82 Å². The van der Waals surface area contributed by atoms with Crippen LogP contribution in [0, 0.1) is 0 Å². The number of aromatic nitrogens is 7. The van der Waals surface area contributed by atoms with E-state index in [-0.39, 0.29) is 17.1 Å². The lowest BCUT2D eigenvalue weighted by molar-refractivity contribution is 0.423. The number of nitrogens with one attached hydrogen (secondary N) is 1. The van der Waals surface area contributed by atoms with Crippen molar-refractivity contribution in [2.75, 3.05) is 17.7 Å². The van der Waals surface area contributed by atoms with Crippen LogP contribution in [0.1, 0.15) is 18.3 Å². The molecule has 5 aromatic heterocycles. The average molecular weight is 481 g/mol. The highest BCUT2D eigenvalue weighted by molar-refractivity contribution is 7.91. The minimum atomic E-state index is -1.22. The second kappa shape index (κ2) is 7.58. The molecule has 1 aliphatic heterocycles. The van der Waals surface area contributed by atoms with E-state index in [1.54, 1.807) is 43.0 Å². The fourth-order valence-electron chi connectivity index (χ4n) is 4.24. The summed E-state index contributed by atoms with van der Waals surface area (Å²) in [4.78, 5) is 32.5.